The molecule has 3 rings (SSSR count). The number of anilines is 1. The first-order chi connectivity index (χ1) is 13.0. The molecular weight excluding hydrogens is 356 g/mol. The highest BCUT2D eigenvalue weighted by atomic mass is 19.3. The van der Waals surface area contributed by atoms with Crippen molar-refractivity contribution in [2.75, 3.05) is 18.5 Å². The summed E-state index contributed by atoms with van der Waals surface area (Å²) < 4.78 is 40.8. The third kappa shape index (κ3) is 5.22. The van der Waals surface area contributed by atoms with Gasteiger partial charge in [-0.2, -0.15) is 8.78 Å². The van der Waals surface area contributed by atoms with Crippen LogP contribution in [0, 0.1) is 6.92 Å². The summed E-state index contributed by atoms with van der Waals surface area (Å²) in [6.45, 7) is 0.266. The number of ether oxygens (including phenoxy) is 3. The molecule has 1 heterocycles. The maximum Gasteiger partial charge on any atom is 0.387 e. The van der Waals surface area contributed by atoms with Crippen LogP contribution in [0.1, 0.15) is 17.5 Å². The van der Waals surface area contributed by atoms with Gasteiger partial charge >= 0.3 is 6.61 Å². The lowest BCUT2D eigenvalue weighted by Crippen LogP contribution is -2.22. The minimum Gasteiger partial charge on any atom is -0.490 e. The summed E-state index contributed by atoms with van der Waals surface area (Å²) >= 11 is 0. The summed E-state index contributed by atoms with van der Waals surface area (Å²) in [5.41, 5.74) is 8.06. The van der Waals surface area contributed by atoms with Gasteiger partial charge in [-0.1, -0.05) is 17.7 Å². The lowest BCUT2D eigenvalue weighted by atomic mass is 10.1. The Hall–Kier alpha value is -3.03. The fourth-order valence-electron chi connectivity index (χ4n) is 2.64. The molecule has 6 nitrogen and oxygen atoms in total. The van der Waals surface area contributed by atoms with Gasteiger partial charge in [-0.05, 0) is 25.1 Å². The van der Waals surface area contributed by atoms with Gasteiger partial charge in [0.1, 0.15) is 5.75 Å². The van der Waals surface area contributed by atoms with Crippen LogP contribution in [0.15, 0.2) is 41.4 Å². The van der Waals surface area contributed by atoms with Crippen LogP contribution in [-0.4, -0.2) is 25.8 Å². The third-order valence-electron chi connectivity index (χ3n) is 3.87. The maximum atomic E-state index is 12.5. The van der Waals surface area contributed by atoms with Gasteiger partial charge in [-0.3, -0.25) is 0 Å². The molecule has 0 aliphatic carbocycles. The van der Waals surface area contributed by atoms with Crippen LogP contribution in [0.5, 0.6) is 17.2 Å². The Morgan fingerprint density at radius 3 is 2.74 bits per heavy atom. The van der Waals surface area contributed by atoms with Crippen LogP contribution < -0.4 is 25.3 Å². The second-order valence-electron chi connectivity index (χ2n) is 6.03. The van der Waals surface area contributed by atoms with E-state index in [1.807, 2.05) is 6.92 Å². The Kier molecular flexibility index (Phi) is 5.95. The molecule has 0 radical (unpaired) electrons. The minimum atomic E-state index is -2.90. The molecule has 0 amide bonds. The standard InChI is InChI=1S/C19H21F2N3O3/c1-12-3-5-15(27-18(20)21)13(9-12)11-23-19(22)24-14-4-6-16-17(10-14)26-8-2-7-25-16/h3-6,9-10,18H,2,7-8,11H2,1H3,(H3,22,23,24). The molecule has 27 heavy (non-hydrogen) atoms. The largest absolute Gasteiger partial charge is 0.490 e. The molecule has 0 unspecified atom stereocenters. The zero-order valence-electron chi connectivity index (χ0n) is 14.9. The first-order valence-corrected chi connectivity index (χ1v) is 8.52. The quantitative estimate of drug-likeness (QED) is 0.614. The van der Waals surface area contributed by atoms with E-state index < -0.39 is 6.61 Å². The van der Waals surface area contributed by atoms with Crippen LogP contribution in [0.2, 0.25) is 0 Å². The predicted octanol–water partition coefficient (Wildman–Crippen LogP) is 3.68. The van der Waals surface area contributed by atoms with Crippen molar-refractivity contribution in [3.05, 3.63) is 47.5 Å². The Morgan fingerprint density at radius 1 is 1.19 bits per heavy atom. The average Bonchev–Trinajstić information content (AvgIpc) is 2.86. The lowest BCUT2D eigenvalue weighted by molar-refractivity contribution is -0.0504. The number of guanidine groups is 1. The average molecular weight is 377 g/mol. The molecule has 2 aromatic carbocycles. The van der Waals surface area contributed by atoms with Crippen LogP contribution >= 0.6 is 0 Å². The van der Waals surface area contributed by atoms with Crippen molar-refractivity contribution in [1.82, 2.24) is 0 Å². The van der Waals surface area contributed by atoms with Gasteiger partial charge in [-0.25, -0.2) is 4.99 Å². The van der Waals surface area contributed by atoms with Gasteiger partial charge in [0.25, 0.3) is 0 Å². The lowest BCUT2D eigenvalue weighted by Gasteiger charge is -2.12. The molecule has 0 saturated heterocycles. The molecule has 0 atom stereocenters. The van der Waals surface area contributed by atoms with Gasteiger partial charge < -0.3 is 25.3 Å². The van der Waals surface area contributed by atoms with E-state index in [2.05, 4.69) is 15.0 Å². The third-order valence-corrected chi connectivity index (χ3v) is 3.87. The van der Waals surface area contributed by atoms with E-state index in [9.17, 15) is 8.78 Å². The van der Waals surface area contributed by atoms with Crippen molar-refractivity contribution < 1.29 is 23.0 Å². The summed E-state index contributed by atoms with van der Waals surface area (Å²) in [6, 6.07) is 10.3. The molecule has 3 N–H and O–H groups in total. The number of nitrogens with zero attached hydrogens (tertiary/aromatic N) is 1. The highest BCUT2D eigenvalue weighted by Gasteiger charge is 2.12. The molecule has 2 aromatic rings. The van der Waals surface area contributed by atoms with Crippen molar-refractivity contribution in [3.63, 3.8) is 0 Å². The highest BCUT2D eigenvalue weighted by molar-refractivity contribution is 5.92. The topological polar surface area (TPSA) is 78.1 Å². The van der Waals surface area contributed by atoms with Crippen molar-refractivity contribution in [2.45, 2.75) is 26.5 Å². The second-order valence-corrected chi connectivity index (χ2v) is 6.03. The van der Waals surface area contributed by atoms with E-state index in [-0.39, 0.29) is 18.3 Å². The summed E-state index contributed by atoms with van der Waals surface area (Å²) in [5, 5.41) is 2.96. The zero-order valence-corrected chi connectivity index (χ0v) is 14.9. The van der Waals surface area contributed by atoms with Gasteiger partial charge in [0, 0.05) is 23.7 Å². The van der Waals surface area contributed by atoms with Crippen molar-refractivity contribution in [2.24, 2.45) is 10.7 Å². The summed E-state index contributed by atoms with van der Waals surface area (Å²) in [6.07, 6.45) is 0.820. The summed E-state index contributed by atoms with van der Waals surface area (Å²) in [7, 11) is 0. The van der Waals surface area contributed by atoms with Crippen LogP contribution in [-0.2, 0) is 6.54 Å². The Balaban J connectivity index is 1.70. The van der Waals surface area contributed by atoms with Gasteiger partial charge in [0.15, 0.2) is 17.5 Å². The molecule has 0 aromatic heterocycles. The van der Waals surface area contributed by atoms with Crippen molar-refractivity contribution in [1.29, 1.82) is 0 Å². The van der Waals surface area contributed by atoms with Crippen LogP contribution in [0.25, 0.3) is 0 Å². The second kappa shape index (κ2) is 8.57. The molecule has 0 saturated carbocycles. The number of fused-ring (bicyclic) bond motifs is 1. The smallest absolute Gasteiger partial charge is 0.387 e. The minimum absolute atomic E-state index is 0.0859. The van der Waals surface area contributed by atoms with Crippen molar-refractivity contribution in [3.8, 4) is 17.2 Å². The van der Waals surface area contributed by atoms with Gasteiger partial charge in [0.2, 0.25) is 0 Å². The number of rotatable bonds is 5. The number of hydrogen-bond donors (Lipinski definition) is 2. The van der Waals surface area contributed by atoms with E-state index in [4.69, 9.17) is 15.2 Å². The highest BCUT2D eigenvalue weighted by Crippen LogP contribution is 2.32. The molecule has 1 aliphatic rings. The van der Waals surface area contributed by atoms with Crippen molar-refractivity contribution >= 4 is 11.6 Å². The van der Waals surface area contributed by atoms with E-state index >= 15 is 0 Å². The monoisotopic (exact) mass is 377 g/mol. The first-order valence-electron chi connectivity index (χ1n) is 8.52. The normalized spacial score (nSPS) is 14.0. The number of alkyl halides is 2. The fraction of sp³-hybridized carbons (Fsp3) is 0.316. The molecule has 0 fully saturated rings. The van der Waals surface area contributed by atoms with Gasteiger partial charge in [0.05, 0.1) is 19.8 Å². The SMILES string of the molecule is Cc1ccc(OC(F)F)c(CN=C(N)Nc2ccc3c(c2)OCCCO3)c1. The number of nitrogens with two attached hydrogens (primary N) is 1. The zero-order chi connectivity index (χ0) is 19.2. The number of aliphatic imine (C=N–C) groups is 1. The summed E-state index contributed by atoms with van der Waals surface area (Å²) in [5.74, 6) is 1.55. The Morgan fingerprint density at radius 2 is 1.96 bits per heavy atom. The van der Waals surface area contributed by atoms with Crippen LogP contribution in [0.4, 0.5) is 14.5 Å². The molecular formula is C19H21F2N3O3. The van der Waals surface area contributed by atoms with E-state index in [1.165, 1.54) is 6.07 Å². The number of aryl methyl sites for hydroxylation is 1. The number of benzene rings is 2. The maximum absolute atomic E-state index is 12.5. The fourth-order valence-corrected chi connectivity index (χ4v) is 2.64. The molecule has 8 heteroatoms. The first kappa shape index (κ1) is 18.8. The Bertz CT molecular complexity index is 828. The predicted molar refractivity (Wildman–Crippen MR) is 98.8 cm³/mol. The summed E-state index contributed by atoms with van der Waals surface area (Å²) in [4.78, 5) is 4.22. The molecule has 0 bridgehead atoms. The molecule has 144 valence electrons. The number of halogens is 2. The molecule has 1 aliphatic heterocycles. The Labute approximate surface area is 155 Å². The van der Waals surface area contributed by atoms with E-state index in [0.717, 1.165) is 12.0 Å². The molecule has 0 spiro atoms. The van der Waals surface area contributed by atoms with Gasteiger partial charge in [-0.15, -0.1) is 0 Å². The van der Waals surface area contributed by atoms with E-state index in [0.29, 0.717) is 36.0 Å². The number of nitrogens with one attached hydrogen (secondary N) is 1. The van der Waals surface area contributed by atoms with Crippen LogP contribution in [0.3, 0.4) is 0 Å². The van der Waals surface area contributed by atoms with E-state index in [1.54, 1.807) is 30.3 Å². The number of hydrogen-bond acceptors (Lipinski definition) is 4.